The maximum Gasteiger partial charge on any atom is 1.00 e. The van der Waals surface area contributed by atoms with Crippen molar-refractivity contribution >= 4 is 103 Å². The average Bonchev–Trinajstić information content (AvgIpc) is 3.29. The molecule has 0 atom stereocenters. The molecule has 2 aliphatic heterocycles. The quantitative estimate of drug-likeness (QED) is 0.0638. The smallest absolute Gasteiger partial charge is 0.748 e. The second kappa shape index (κ2) is 19.8. The fraction of sp³-hybridized carbons (Fsp3) is 0.344. The van der Waals surface area contributed by atoms with Gasteiger partial charge in [-0.2, -0.15) is 4.58 Å². The Hall–Kier alpha value is 0.970. The molecule has 0 unspecified atom stereocenters. The Morgan fingerprint density at radius 3 is 1.87 bits per heavy atom. The van der Waals surface area contributed by atoms with Crippen LogP contribution in [0.3, 0.4) is 0 Å². The molecule has 14 nitrogen and oxygen atoms in total. The van der Waals surface area contributed by atoms with Crippen molar-refractivity contribution in [3.05, 3.63) is 90.3 Å². The van der Waals surface area contributed by atoms with Crippen LogP contribution in [0.5, 0.6) is 0 Å². The molecule has 2 aliphatic rings. The first-order chi connectivity index (χ1) is 23.6. The molecule has 0 aliphatic carbocycles. The van der Waals surface area contributed by atoms with Gasteiger partial charge in [-0.25, -0.2) is 33.7 Å². The number of allylic oxidation sites excluding steroid dienone is 8. The first kappa shape index (κ1) is 54.0. The molecule has 0 radical (unpaired) electrons. The average molecular weight is 1080 g/mol. The molecule has 284 valence electrons. The number of benzene rings is 2. The zero-order valence-corrected chi connectivity index (χ0v) is 44.9. The van der Waals surface area contributed by atoms with Gasteiger partial charge in [0.1, 0.15) is 30.4 Å². The van der Waals surface area contributed by atoms with Crippen molar-refractivity contribution in [3.63, 3.8) is 0 Å². The van der Waals surface area contributed by atoms with Crippen molar-refractivity contribution in [1.82, 2.24) is 0 Å². The van der Waals surface area contributed by atoms with Gasteiger partial charge < -0.3 is 23.1 Å². The molecule has 4 rings (SSSR count). The van der Waals surface area contributed by atoms with Crippen LogP contribution in [-0.2, 0) is 51.3 Å². The van der Waals surface area contributed by atoms with E-state index in [0.29, 0.717) is 39.5 Å². The second-order valence-corrected chi connectivity index (χ2v) is 21.2. The van der Waals surface area contributed by atoms with E-state index in [9.17, 15) is 51.9 Å². The van der Waals surface area contributed by atoms with Gasteiger partial charge in [0.25, 0.3) is 0 Å². The Balaban J connectivity index is 0.00000504. The summed E-state index contributed by atoms with van der Waals surface area (Å²) in [5.41, 5.74) is 1.82. The zero-order chi connectivity index (χ0) is 39.4. The van der Waals surface area contributed by atoms with Crippen LogP contribution < -0.4 is 93.6 Å². The van der Waals surface area contributed by atoms with E-state index >= 15 is 0 Å². The summed E-state index contributed by atoms with van der Waals surface area (Å²) in [6.07, 6.45) is 10.2. The molecule has 0 amide bonds. The summed E-state index contributed by atoms with van der Waals surface area (Å²) < 4.78 is 143. The molecule has 0 aromatic heterocycles. The monoisotopic (exact) mass is 1080 g/mol. The van der Waals surface area contributed by atoms with Gasteiger partial charge in [0.2, 0.25) is 5.69 Å². The maximum atomic E-state index is 11.9. The normalized spacial score (nSPS) is 17.6. The Morgan fingerprint density at radius 1 is 0.800 bits per heavy atom. The first-order valence-corrected chi connectivity index (χ1v) is 23.3. The van der Waals surface area contributed by atoms with Crippen LogP contribution in [0, 0.1) is 7.14 Å². The van der Waals surface area contributed by atoms with Crippen molar-refractivity contribution in [1.29, 1.82) is 0 Å². The molecule has 55 heavy (non-hydrogen) atoms. The summed E-state index contributed by atoms with van der Waals surface area (Å²) in [5.74, 6) is -1.45. The number of nitrogens with zero attached hydrogens (tertiary/aromatic N) is 2. The standard InChI is InChI=1S/C32H36I2N2O12S4.3Na/c1-20(8-6-10-29-31(2,3)21-16-27(51(43,44)45)23(33)18-25(21)35(29)12-14-49(37,38)39)9-7-11-30-32(4,5)22-17-28(52(46,47)48)24(34)19-26(22)36(30)13-15-50(40,41)42;;;/h6-11,16-19H,12-15H2,1-5H3,(H3-,37,38,39,40,41,42,43,44,45,46,47,48);;;/q;3*+1/p-3/i33-3,34-2;;;. The van der Waals surface area contributed by atoms with E-state index in [-0.39, 0.29) is 109 Å². The molecule has 0 saturated heterocycles. The molecule has 0 bridgehead atoms. The third-order valence-corrected chi connectivity index (χ3v) is 14.4. The number of anilines is 1. The number of halogens is 2. The van der Waals surface area contributed by atoms with E-state index < -0.39 is 72.6 Å². The predicted molar refractivity (Wildman–Crippen MR) is 207 cm³/mol. The Morgan fingerprint density at radius 2 is 1.35 bits per heavy atom. The Kier molecular flexibility index (Phi) is 19.4. The zero-order valence-electron chi connectivity index (χ0n) is 31.3. The molecule has 0 N–H and O–H groups in total. The van der Waals surface area contributed by atoms with Crippen LogP contribution in [0.25, 0.3) is 0 Å². The summed E-state index contributed by atoms with van der Waals surface area (Å²) in [5, 5.41) is 0. The predicted octanol–water partition coefficient (Wildman–Crippen LogP) is -5.08. The van der Waals surface area contributed by atoms with Crippen LogP contribution in [0.4, 0.5) is 11.4 Å². The topological polar surface area (TPSA) is 235 Å². The third kappa shape index (κ3) is 13.0. The molecule has 23 heteroatoms. The molecular formula is C32H33I2N2Na3O12S4. The minimum absolute atomic E-state index is 0. The van der Waals surface area contributed by atoms with E-state index in [0.717, 1.165) is 0 Å². The maximum absolute atomic E-state index is 11.9. The van der Waals surface area contributed by atoms with Crippen molar-refractivity contribution in [3.8, 4) is 0 Å². The van der Waals surface area contributed by atoms with E-state index in [1.165, 1.54) is 24.3 Å². The van der Waals surface area contributed by atoms with Crippen LogP contribution >= 0.6 is 45.2 Å². The van der Waals surface area contributed by atoms with E-state index in [1.807, 2.05) is 0 Å². The van der Waals surface area contributed by atoms with Crippen molar-refractivity contribution in [2.45, 2.75) is 55.2 Å². The molecule has 0 fully saturated rings. The van der Waals surface area contributed by atoms with Crippen LogP contribution in [0.1, 0.15) is 45.7 Å². The summed E-state index contributed by atoms with van der Waals surface area (Å²) in [6, 6.07) is 5.49. The minimum atomic E-state index is -4.82. The summed E-state index contributed by atoms with van der Waals surface area (Å²) in [6.45, 7) is 8.43. The van der Waals surface area contributed by atoms with Gasteiger partial charge in [0, 0.05) is 48.2 Å². The number of hydrogen-bond acceptors (Lipinski definition) is 13. The van der Waals surface area contributed by atoms with Crippen LogP contribution in [0.2, 0.25) is 0 Å². The molecule has 0 spiro atoms. The van der Waals surface area contributed by atoms with Gasteiger partial charge >= 0.3 is 88.7 Å². The van der Waals surface area contributed by atoms with Gasteiger partial charge in [-0.1, -0.05) is 43.7 Å². The minimum Gasteiger partial charge on any atom is -0.748 e. The first-order valence-electron chi connectivity index (χ1n) is 15.2. The SMILES string of the molecule is CC(/C=C/C=C1/N(CCS(=O)(=O)[O-])c2cc([124I])c(S(=O)(=O)[O-])cc2C1(C)C)=C\C=C\C1=[N+](CCS(=O)(=O)[O-])c2cc([125I])c(S(=O)(=O)[O-])cc2C1(C)C.[Na+].[Na+].[Na+]. The van der Waals surface area contributed by atoms with Gasteiger partial charge in [-0.15, -0.1) is 0 Å². The van der Waals surface area contributed by atoms with Crippen molar-refractivity contribution in [2.24, 2.45) is 0 Å². The van der Waals surface area contributed by atoms with Crippen LogP contribution in [-0.4, -0.2) is 86.8 Å². The van der Waals surface area contributed by atoms with Crippen LogP contribution in [0.15, 0.2) is 81.8 Å². The third-order valence-electron chi connectivity index (χ3n) is 8.79. The number of hydrogen-bond donors (Lipinski definition) is 0. The van der Waals surface area contributed by atoms with Gasteiger partial charge in [0.15, 0.2) is 12.3 Å². The number of fused-ring (bicyclic) bond motifs is 2. The second-order valence-electron chi connectivity index (χ2n) is 13.2. The molecule has 0 saturated carbocycles. The van der Waals surface area contributed by atoms with Gasteiger partial charge in [0.05, 0.1) is 36.8 Å². The Labute approximate surface area is 416 Å². The largest absolute Gasteiger partial charge is 1.00 e. The summed E-state index contributed by atoms with van der Waals surface area (Å²) >= 11 is 3.44. The van der Waals surface area contributed by atoms with Crippen molar-refractivity contribution in [2.75, 3.05) is 29.5 Å². The fourth-order valence-electron chi connectivity index (χ4n) is 6.25. The van der Waals surface area contributed by atoms with Crippen molar-refractivity contribution < 1.29 is 145 Å². The van der Waals surface area contributed by atoms with E-state index in [4.69, 9.17) is 0 Å². The molecule has 2 aromatic rings. The Bertz CT molecular complexity index is 2460. The van der Waals surface area contributed by atoms with Gasteiger partial charge in [-0.3, -0.25) is 0 Å². The summed E-state index contributed by atoms with van der Waals surface area (Å²) in [4.78, 5) is 0.780. The van der Waals surface area contributed by atoms with E-state index in [2.05, 4.69) is 0 Å². The van der Waals surface area contributed by atoms with Gasteiger partial charge in [-0.05, 0) is 95.8 Å². The molecule has 2 aromatic carbocycles. The number of rotatable bonds is 12. The van der Waals surface area contributed by atoms with E-state index in [1.54, 1.807) is 126 Å². The fourth-order valence-corrected chi connectivity index (χ4v) is 10.7. The summed E-state index contributed by atoms with van der Waals surface area (Å²) in [7, 11) is -18.9. The molecular weight excluding hydrogens is 1050 g/mol. The molecule has 2 heterocycles.